The van der Waals surface area contributed by atoms with Gasteiger partial charge >= 0.3 is 0 Å². The molecule has 2 N–H and O–H groups in total. The average Bonchev–Trinajstić information content (AvgIpc) is 3.14. The van der Waals surface area contributed by atoms with Gasteiger partial charge in [-0.3, -0.25) is 4.90 Å². The van der Waals surface area contributed by atoms with E-state index in [1.807, 2.05) is 0 Å². The van der Waals surface area contributed by atoms with E-state index in [1.54, 1.807) is 0 Å². The molecule has 1 aliphatic rings. The Balaban J connectivity index is 1.99. The van der Waals surface area contributed by atoms with Gasteiger partial charge in [-0.2, -0.15) is 0 Å². The normalized spacial score (nSPS) is 17.8. The molecule has 1 saturated carbocycles. The maximum absolute atomic E-state index is 5.91. The fraction of sp³-hybridized carbons (Fsp3) is 0.647. The predicted octanol–water partition coefficient (Wildman–Crippen LogP) is 3.15. The van der Waals surface area contributed by atoms with Gasteiger partial charge in [-0.1, -0.05) is 45.0 Å². The third-order valence-corrected chi connectivity index (χ3v) is 4.23. The van der Waals surface area contributed by atoms with Gasteiger partial charge in [0.15, 0.2) is 0 Å². The number of likely N-dealkylation sites (N-methyl/N-ethyl adjacent to an activating group) is 1. The van der Waals surface area contributed by atoms with Gasteiger partial charge < -0.3 is 5.73 Å². The topological polar surface area (TPSA) is 29.3 Å². The van der Waals surface area contributed by atoms with Crippen LogP contribution in [0.3, 0.4) is 0 Å². The lowest BCUT2D eigenvalue weighted by molar-refractivity contribution is 0.215. The zero-order valence-corrected chi connectivity index (χ0v) is 12.8. The third-order valence-electron chi connectivity index (χ3n) is 4.23. The van der Waals surface area contributed by atoms with Crippen LogP contribution in [0.2, 0.25) is 0 Å². The lowest BCUT2D eigenvalue weighted by Crippen LogP contribution is -2.39. The second-order valence-corrected chi connectivity index (χ2v) is 7.00. The number of benzene rings is 1. The van der Waals surface area contributed by atoms with Gasteiger partial charge in [-0.15, -0.1) is 0 Å². The molecule has 1 atom stereocenters. The zero-order chi connectivity index (χ0) is 14.0. The van der Waals surface area contributed by atoms with Gasteiger partial charge in [-0.25, -0.2) is 0 Å². The van der Waals surface area contributed by atoms with Gasteiger partial charge in [0.05, 0.1) is 0 Å². The lowest BCUT2D eigenvalue weighted by Gasteiger charge is -2.27. The molecule has 106 valence electrons. The summed E-state index contributed by atoms with van der Waals surface area (Å²) in [5.74, 6) is 0.837. The van der Waals surface area contributed by atoms with E-state index < -0.39 is 0 Å². The van der Waals surface area contributed by atoms with Crippen LogP contribution >= 0.6 is 0 Å². The van der Waals surface area contributed by atoms with E-state index >= 15 is 0 Å². The Kier molecular flexibility index (Phi) is 4.32. The first-order valence-corrected chi connectivity index (χ1v) is 7.41. The number of hydrogen-bond acceptors (Lipinski definition) is 2. The first-order valence-electron chi connectivity index (χ1n) is 7.41. The lowest BCUT2D eigenvalue weighted by atomic mass is 9.87. The zero-order valence-electron chi connectivity index (χ0n) is 12.8. The van der Waals surface area contributed by atoms with Crippen LogP contribution in [-0.2, 0) is 12.0 Å². The Morgan fingerprint density at radius 2 is 1.79 bits per heavy atom. The third kappa shape index (κ3) is 3.80. The number of nitrogens with zero attached hydrogens (tertiary/aromatic N) is 1. The molecule has 2 heteroatoms. The minimum Gasteiger partial charge on any atom is -0.329 e. The van der Waals surface area contributed by atoms with E-state index in [1.165, 1.54) is 24.0 Å². The quantitative estimate of drug-likeness (QED) is 0.881. The molecule has 1 aromatic rings. The Hall–Kier alpha value is -0.860. The van der Waals surface area contributed by atoms with E-state index in [4.69, 9.17) is 5.73 Å². The van der Waals surface area contributed by atoms with Crippen molar-refractivity contribution in [3.8, 4) is 0 Å². The fourth-order valence-electron chi connectivity index (χ4n) is 2.73. The van der Waals surface area contributed by atoms with Crippen LogP contribution in [0, 0.1) is 5.92 Å². The van der Waals surface area contributed by atoms with Crippen LogP contribution in [0.25, 0.3) is 0 Å². The fourth-order valence-corrected chi connectivity index (χ4v) is 2.73. The highest BCUT2D eigenvalue weighted by molar-refractivity contribution is 5.27. The smallest absolute Gasteiger partial charge is 0.0247 e. The summed E-state index contributed by atoms with van der Waals surface area (Å²) in [6, 6.07) is 9.60. The van der Waals surface area contributed by atoms with Crippen LogP contribution in [0.4, 0.5) is 0 Å². The van der Waals surface area contributed by atoms with Gasteiger partial charge in [0.25, 0.3) is 0 Å². The highest BCUT2D eigenvalue weighted by atomic mass is 15.1. The molecule has 1 aliphatic carbocycles. The van der Waals surface area contributed by atoms with Crippen molar-refractivity contribution in [3.05, 3.63) is 35.4 Å². The van der Waals surface area contributed by atoms with E-state index in [0.29, 0.717) is 6.04 Å². The first kappa shape index (κ1) is 14.5. The predicted molar refractivity (Wildman–Crippen MR) is 82.2 cm³/mol. The van der Waals surface area contributed by atoms with E-state index in [0.717, 1.165) is 19.0 Å². The van der Waals surface area contributed by atoms with Crippen molar-refractivity contribution in [2.24, 2.45) is 11.7 Å². The minimum absolute atomic E-state index is 0.234. The summed E-state index contributed by atoms with van der Waals surface area (Å²) in [5.41, 5.74) is 8.93. The molecule has 2 rings (SSSR count). The molecule has 0 bridgehead atoms. The molecule has 0 saturated heterocycles. The monoisotopic (exact) mass is 260 g/mol. The molecule has 0 aliphatic heterocycles. The van der Waals surface area contributed by atoms with Gasteiger partial charge in [-0.05, 0) is 42.3 Å². The molecule has 0 aromatic heterocycles. The average molecular weight is 260 g/mol. The highest BCUT2D eigenvalue weighted by Gasteiger charge is 2.32. The Bertz CT molecular complexity index is 398. The van der Waals surface area contributed by atoms with Crippen LogP contribution in [0.1, 0.15) is 44.7 Å². The Morgan fingerprint density at radius 3 is 2.21 bits per heavy atom. The second kappa shape index (κ2) is 5.64. The van der Waals surface area contributed by atoms with E-state index in [2.05, 4.69) is 57.0 Å². The summed E-state index contributed by atoms with van der Waals surface area (Å²) in [6.45, 7) is 8.55. The molecule has 0 radical (unpaired) electrons. The van der Waals surface area contributed by atoms with E-state index in [-0.39, 0.29) is 5.41 Å². The first-order chi connectivity index (χ1) is 8.91. The van der Waals surface area contributed by atoms with Gasteiger partial charge in [0.1, 0.15) is 0 Å². The van der Waals surface area contributed by atoms with Crippen LogP contribution in [0.15, 0.2) is 24.3 Å². The summed E-state index contributed by atoms with van der Waals surface area (Å²) in [6.07, 6.45) is 2.71. The van der Waals surface area contributed by atoms with Crippen LogP contribution in [0.5, 0.6) is 0 Å². The Labute approximate surface area is 118 Å². The number of hydrogen-bond donors (Lipinski definition) is 1. The molecular weight excluding hydrogens is 232 g/mol. The van der Waals surface area contributed by atoms with Gasteiger partial charge in [0.2, 0.25) is 0 Å². The molecule has 0 spiro atoms. The van der Waals surface area contributed by atoms with Gasteiger partial charge in [0, 0.05) is 19.1 Å². The maximum Gasteiger partial charge on any atom is 0.0247 e. The summed E-state index contributed by atoms with van der Waals surface area (Å²) in [4.78, 5) is 2.42. The Morgan fingerprint density at radius 1 is 1.21 bits per heavy atom. The van der Waals surface area contributed by atoms with Crippen LogP contribution < -0.4 is 5.73 Å². The second-order valence-electron chi connectivity index (χ2n) is 7.00. The van der Waals surface area contributed by atoms with Crippen molar-refractivity contribution in [2.75, 3.05) is 13.6 Å². The van der Waals surface area contributed by atoms with Crippen molar-refractivity contribution in [3.63, 3.8) is 0 Å². The summed E-state index contributed by atoms with van der Waals surface area (Å²) < 4.78 is 0. The SMILES string of the molecule is CN(Cc1ccc(C(C)(C)C)cc1)C(CN)C1CC1. The molecule has 1 fully saturated rings. The van der Waals surface area contributed by atoms with E-state index in [9.17, 15) is 0 Å². The number of nitrogens with two attached hydrogens (primary N) is 1. The molecule has 0 amide bonds. The van der Waals surface area contributed by atoms with Crippen molar-refractivity contribution in [1.29, 1.82) is 0 Å². The molecule has 0 heterocycles. The molecule has 1 unspecified atom stereocenters. The maximum atomic E-state index is 5.91. The largest absolute Gasteiger partial charge is 0.329 e. The van der Waals surface area contributed by atoms with Crippen molar-refractivity contribution >= 4 is 0 Å². The summed E-state index contributed by atoms with van der Waals surface area (Å²) in [7, 11) is 2.20. The summed E-state index contributed by atoms with van der Waals surface area (Å²) in [5, 5.41) is 0. The standard InChI is InChI=1S/C17H28N2/c1-17(2,3)15-9-5-13(6-10-15)12-19(4)16(11-18)14-7-8-14/h5-6,9-10,14,16H,7-8,11-12,18H2,1-4H3. The molecular formula is C17H28N2. The van der Waals surface area contributed by atoms with Crippen molar-refractivity contribution in [2.45, 2.75) is 51.6 Å². The summed E-state index contributed by atoms with van der Waals surface area (Å²) >= 11 is 0. The molecule has 19 heavy (non-hydrogen) atoms. The number of rotatable bonds is 5. The van der Waals surface area contributed by atoms with Crippen molar-refractivity contribution < 1.29 is 0 Å². The van der Waals surface area contributed by atoms with Crippen molar-refractivity contribution in [1.82, 2.24) is 4.90 Å². The highest BCUT2D eigenvalue weighted by Crippen LogP contribution is 2.35. The minimum atomic E-state index is 0.234. The molecule has 1 aromatic carbocycles. The van der Waals surface area contributed by atoms with Crippen LogP contribution in [-0.4, -0.2) is 24.5 Å². The molecule has 2 nitrogen and oxygen atoms in total.